The first-order valence-electron chi connectivity index (χ1n) is 8.97. The number of β-amino-alcohol motifs (C(OH)–C–C–N with tert-alkyl or cyclic N) is 1. The van der Waals surface area contributed by atoms with Gasteiger partial charge in [0.2, 0.25) is 0 Å². The number of rotatable bonds is 5. The van der Waals surface area contributed by atoms with Gasteiger partial charge in [-0.1, -0.05) is 26.8 Å². The SMILES string of the molecule is CC(C)(C)c1oc(C(N)=O)cc1CN1C[C@@H](Cc2ccccn2)[C@H](O)C1. The zero-order valence-corrected chi connectivity index (χ0v) is 15.6. The first-order chi connectivity index (χ1) is 12.2. The van der Waals surface area contributed by atoms with Crippen molar-refractivity contribution < 1.29 is 14.3 Å². The van der Waals surface area contributed by atoms with Crippen LogP contribution in [0.4, 0.5) is 0 Å². The average Bonchev–Trinajstić information content (AvgIpc) is 3.13. The fraction of sp³-hybridized carbons (Fsp3) is 0.500. The third kappa shape index (κ3) is 4.14. The third-order valence-corrected chi connectivity index (χ3v) is 4.81. The van der Waals surface area contributed by atoms with Crippen molar-refractivity contribution in [2.75, 3.05) is 13.1 Å². The van der Waals surface area contributed by atoms with Crippen LogP contribution in [0.1, 0.15) is 48.3 Å². The molecule has 3 heterocycles. The Morgan fingerprint density at radius 3 is 2.77 bits per heavy atom. The van der Waals surface area contributed by atoms with E-state index in [0.29, 0.717) is 13.1 Å². The Morgan fingerprint density at radius 1 is 1.38 bits per heavy atom. The first kappa shape index (κ1) is 18.6. The van der Waals surface area contributed by atoms with Gasteiger partial charge in [0.25, 0.3) is 5.91 Å². The van der Waals surface area contributed by atoms with Gasteiger partial charge in [-0.3, -0.25) is 14.7 Å². The van der Waals surface area contributed by atoms with Gasteiger partial charge in [0.15, 0.2) is 5.76 Å². The summed E-state index contributed by atoms with van der Waals surface area (Å²) in [6.07, 6.45) is 2.14. The Kier molecular flexibility index (Phi) is 5.16. The summed E-state index contributed by atoms with van der Waals surface area (Å²) in [5.41, 5.74) is 7.11. The van der Waals surface area contributed by atoms with Gasteiger partial charge in [-0.25, -0.2) is 0 Å². The lowest BCUT2D eigenvalue weighted by Crippen LogP contribution is -2.23. The number of amides is 1. The number of aliphatic hydroxyl groups is 1. The summed E-state index contributed by atoms with van der Waals surface area (Å²) in [6, 6.07) is 7.59. The van der Waals surface area contributed by atoms with Crippen LogP contribution in [0.3, 0.4) is 0 Å². The van der Waals surface area contributed by atoms with Gasteiger partial charge in [0, 0.05) is 48.4 Å². The van der Waals surface area contributed by atoms with Crippen molar-refractivity contribution in [3.8, 4) is 0 Å². The minimum atomic E-state index is -0.559. The lowest BCUT2D eigenvalue weighted by molar-refractivity contribution is 0.0970. The highest BCUT2D eigenvalue weighted by Crippen LogP contribution is 2.31. The molecule has 1 amide bonds. The van der Waals surface area contributed by atoms with Gasteiger partial charge < -0.3 is 15.3 Å². The van der Waals surface area contributed by atoms with Crippen molar-refractivity contribution in [2.45, 2.75) is 45.3 Å². The molecule has 0 unspecified atom stereocenters. The van der Waals surface area contributed by atoms with E-state index in [0.717, 1.165) is 30.0 Å². The number of likely N-dealkylation sites (tertiary alicyclic amines) is 1. The predicted molar refractivity (Wildman–Crippen MR) is 98.6 cm³/mol. The van der Waals surface area contributed by atoms with Gasteiger partial charge in [-0.05, 0) is 24.6 Å². The van der Waals surface area contributed by atoms with Crippen LogP contribution in [0.15, 0.2) is 34.9 Å². The highest BCUT2D eigenvalue weighted by atomic mass is 16.4. The van der Waals surface area contributed by atoms with Gasteiger partial charge in [-0.15, -0.1) is 0 Å². The van der Waals surface area contributed by atoms with Crippen molar-refractivity contribution in [3.05, 3.63) is 53.2 Å². The molecule has 0 aliphatic carbocycles. The zero-order chi connectivity index (χ0) is 18.9. The molecule has 1 fully saturated rings. The van der Waals surface area contributed by atoms with E-state index in [1.165, 1.54) is 0 Å². The average molecular weight is 357 g/mol. The molecule has 1 aliphatic rings. The normalized spacial score (nSPS) is 21.2. The summed E-state index contributed by atoms with van der Waals surface area (Å²) in [6.45, 7) is 8.13. The lowest BCUT2D eigenvalue weighted by atomic mass is 9.90. The molecule has 26 heavy (non-hydrogen) atoms. The number of furan rings is 1. The highest BCUT2D eigenvalue weighted by molar-refractivity contribution is 5.90. The minimum absolute atomic E-state index is 0.144. The second-order valence-corrected chi connectivity index (χ2v) is 8.13. The molecule has 3 rings (SSSR count). The van der Waals surface area contributed by atoms with E-state index in [2.05, 4.69) is 9.88 Å². The number of hydrogen-bond acceptors (Lipinski definition) is 5. The maximum atomic E-state index is 11.5. The molecular weight excluding hydrogens is 330 g/mol. The first-order valence-corrected chi connectivity index (χ1v) is 8.97. The number of primary amides is 1. The van der Waals surface area contributed by atoms with E-state index in [9.17, 15) is 9.90 Å². The fourth-order valence-corrected chi connectivity index (χ4v) is 3.60. The second-order valence-electron chi connectivity index (χ2n) is 8.13. The van der Waals surface area contributed by atoms with Crippen LogP contribution < -0.4 is 5.73 Å². The van der Waals surface area contributed by atoms with Crippen molar-refractivity contribution in [1.82, 2.24) is 9.88 Å². The van der Waals surface area contributed by atoms with Crippen molar-refractivity contribution in [3.63, 3.8) is 0 Å². The number of aromatic nitrogens is 1. The minimum Gasteiger partial charge on any atom is -0.455 e. The van der Waals surface area contributed by atoms with E-state index in [4.69, 9.17) is 10.2 Å². The summed E-state index contributed by atoms with van der Waals surface area (Å²) in [7, 11) is 0. The topological polar surface area (TPSA) is 92.6 Å². The van der Waals surface area contributed by atoms with Crippen LogP contribution in [-0.2, 0) is 18.4 Å². The van der Waals surface area contributed by atoms with Crippen LogP contribution in [0.5, 0.6) is 0 Å². The third-order valence-electron chi connectivity index (χ3n) is 4.81. The summed E-state index contributed by atoms with van der Waals surface area (Å²) in [5.74, 6) is 0.547. The van der Waals surface area contributed by atoms with Crippen LogP contribution >= 0.6 is 0 Å². The molecule has 6 heteroatoms. The number of pyridine rings is 1. The molecule has 1 saturated heterocycles. The maximum absolute atomic E-state index is 11.5. The van der Waals surface area contributed by atoms with E-state index in [1.807, 2.05) is 39.0 Å². The lowest BCUT2D eigenvalue weighted by Gasteiger charge is -2.20. The summed E-state index contributed by atoms with van der Waals surface area (Å²) in [5, 5.41) is 10.5. The number of aliphatic hydroxyl groups excluding tert-OH is 1. The Morgan fingerprint density at radius 2 is 2.15 bits per heavy atom. The predicted octanol–water partition coefficient (Wildman–Crippen LogP) is 2.11. The molecule has 2 atom stereocenters. The van der Waals surface area contributed by atoms with Crippen molar-refractivity contribution in [1.29, 1.82) is 0 Å². The van der Waals surface area contributed by atoms with Crippen LogP contribution in [-0.4, -0.2) is 40.1 Å². The van der Waals surface area contributed by atoms with Gasteiger partial charge in [0.05, 0.1) is 6.10 Å². The molecule has 0 spiro atoms. The number of carbonyl (C=O) groups is 1. The van der Waals surface area contributed by atoms with E-state index < -0.39 is 12.0 Å². The van der Waals surface area contributed by atoms with Gasteiger partial charge in [0.1, 0.15) is 5.76 Å². The maximum Gasteiger partial charge on any atom is 0.284 e. The van der Waals surface area contributed by atoms with Crippen molar-refractivity contribution in [2.24, 2.45) is 11.7 Å². The molecule has 0 bridgehead atoms. The molecule has 6 nitrogen and oxygen atoms in total. The second kappa shape index (κ2) is 7.21. The van der Waals surface area contributed by atoms with Crippen LogP contribution in [0.2, 0.25) is 0 Å². The van der Waals surface area contributed by atoms with Crippen molar-refractivity contribution >= 4 is 5.91 Å². The van der Waals surface area contributed by atoms with E-state index in [1.54, 1.807) is 12.3 Å². The van der Waals surface area contributed by atoms with E-state index >= 15 is 0 Å². The fourth-order valence-electron chi connectivity index (χ4n) is 3.60. The summed E-state index contributed by atoms with van der Waals surface area (Å²) in [4.78, 5) is 18.1. The monoisotopic (exact) mass is 357 g/mol. The number of nitrogens with zero attached hydrogens (tertiary/aromatic N) is 2. The number of carbonyl (C=O) groups excluding carboxylic acids is 1. The quantitative estimate of drug-likeness (QED) is 0.855. The highest BCUT2D eigenvalue weighted by Gasteiger charge is 2.33. The largest absolute Gasteiger partial charge is 0.455 e. The molecule has 1 aliphatic heterocycles. The van der Waals surface area contributed by atoms with Crippen LogP contribution in [0.25, 0.3) is 0 Å². The molecule has 0 saturated carbocycles. The molecule has 0 aromatic carbocycles. The molecule has 2 aromatic heterocycles. The Hall–Kier alpha value is -2.18. The zero-order valence-electron chi connectivity index (χ0n) is 15.6. The molecule has 3 N–H and O–H groups in total. The van der Waals surface area contributed by atoms with Gasteiger partial charge in [-0.2, -0.15) is 0 Å². The molecule has 0 radical (unpaired) electrons. The number of hydrogen-bond donors (Lipinski definition) is 2. The molecular formula is C20H27N3O3. The summed E-state index contributed by atoms with van der Waals surface area (Å²) >= 11 is 0. The molecule has 140 valence electrons. The van der Waals surface area contributed by atoms with E-state index in [-0.39, 0.29) is 17.1 Å². The standard InChI is InChI=1S/C20H27N3O3/c1-20(2,3)18-14(9-17(26-18)19(21)25)11-23-10-13(16(24)12-23)8-15-6-4-5-7-22-15/h4-7,9,13,16,24H,8,10-12H2,1-3H3,(H2,21,25)/t13-,16-/m1/s1. The van der Waals surface area contributed by atoms with Gasteiger partial charge >= 0.3 is 0 Å². The number of nitrogens with two attached hydrogens (primary N) is 1. The Balaban J connectivity index is 1.73. The summed E-state index contributed by atoms with van der Waals surface area (Å²) < 4.78 is 5.73. The smallest absolute Gasteiger partial charge is 0.284 e. The Labute approximate surface area is 154 Å². The molecule has 2 aromatic rings. The Bertz CT molecular complexity index is 764. The van der Waals surface area contributed by atoms with Crippen LogP contribution in [0, 0.1) is 5.92 Å².